The van der Waals surface area contributed by atoms with Crippen LogP contribution < -0.4 is 10.5 Å². The van der Waals surface area contributed by atoms with Gasteiger partial charge in [0.05, 0.1) is 30.1 Å². The average molecular weight is 383 g/mol. The molecule has 1 heterocycles. The van der Waals surface area contributed by atoms with Crippen molar-refractivity contribution in [1.29, 1.82) is 0 Å². The zero-order valence-electron chi connectivity index (χ0n) is 16.1. The van der Waals surface area contributed by atoms with E-state index in [1.165, 1.54) is 19.2 Å². The Hall–Kier alpha value is -3.22. The lowest BCUT2D eigenvalue weighted by molar-refractivity contribution is 0.0601. The van der Waals surface area contributed by atoms with E-state index in [1.54, 1.807) is 34.9 Å². The molecule has 3 rings (SSSR count). The molecule has 0 atom stereocenters. The highest BCUT2D eigenvalue weighted by Crippen LogP contribution is 2.18. The van der Waals surface area contributed by atoms with Crippen LogP contribution in [-0.4, -0.2) is 35.7 Å². The molecule has 0 fully saturated rings. The molecule has 0 aliphatic heterocycles. The summed E-state index contributed by atoms with van der Waals surface area (Å²) in [5.74, 6) is -0.301. The lowest BCUT2D eigenvalue weighted by Gasteiger charge is -2.24. The van der Waals surface area contributed by atoms with Gasteiger partial charge in [-0.25, -0.2) is 14.2 Å². The number of aromatic nitrogens is 2. The van der Waals surface area contributed by atoms with Crippen molar-refractivity contribution in [2.75, 3.05) is 25.1 Å². The van der Waals surface area contributed by atoms with Crippen molar-refractivity contribution in [2.24, 2.45) is 0 Å². The third-order valence-electron chi connectivity index (χ3n) is 4.66. The molecule has 3 aromatic rings. The fourth-order valence-electron chi connectivity index (χ4n) is 3.12. The van der Waals surface area contributed by atoms with Crippen LogP contribution in [0.1, 0.15) is 29.8 Å². The molecule has 0 saturated heterocycles. The molecular weight excluding hydrogens is 361 g/mol. The van der Waals surface area contributed by atoms with Crippen molar-refractivity contribution in [3.05, 3.63) is 69.8 Å². The van der Waals surface area contributed by atoms with Crippen LogP contribution in [0.3, 0.4) is 0 Å². The first-order valence-electron chi connectivity index (χ1n) is 9.10. The van der Waals surface area contributed by atoms with Crippen molar-refractivity contribution in [1.82, 2.24) is 9.55 Å². The first-order valence-corrected chi connectivity index (χ1v) is 9.10. The molecule has 0 bridgehead atoms. The molecule has 0 unspecified atom stereocenters. The van der Waals surface area contributed by atoms with Crippen molar-refractivity contribution in [2.45, 2.75) is 20.4 Å². The number of carbonyl (C=O) groups excluding carboxylic acids is 1. The van der Waals surface area contributed by atoms with Crippen LogP contribution in [-0.2, 0) is 11.3 Å². The molecule has 0 amide bonds. The zero-order valence-corrected chi connectivity index (χ0v) is 16.1. The van der Waals surface area contributed by atoms with Crippen LogP contribution >= 0.6 is 0 Å². The van der Waals surface area contributed by atoms with E-state index in [-0.39, 0.29) is 17.9 Å². The molecule has 2 aromatic carbocycles. The van der Waals surface area contributed by atoms with E-state index in [0.29, 0.717) is 35.5 Å². The third kappa shape index (κ3) is 3.74. The summed E-state index contributed by atoms with van der Waals surface area (Å²) in [6, 6.07) is 10.7. The SMILES string of the molecule is CCN(CC)c1nc2cc(C(=O)OC)ccc2c(=O)n1Cc1ccc(F)cc1. The molecule has 0 saturated carbocycles. The summed E-state index contributed by atoms with van der Waals surface area (Å²) in [7, 11) is 1.31. The monoisotopic (exact) mass is 383 g/mol. The van der Waals surface area contributed by atoms with Crippen molar-refractivity contribution < 1.29 is 13.9 Å². The Bertz CT molecular complexity index is 1060. The number of nitrogens with zero attached hydrogens (tertiary/aromatic N) is 3. The van der Waals surface area contributed by atoms with Gasteiger partial charge in [-0.15, -0.1) is 0 Å². The van der Waals surface area contributed by atoms with E-state index in [9.17, 15) is 14.0 Å². The van der Waals surface area contributed by atoms with Crippen LogP contribution in [0.25, 0.3) is 10.9 Å². The fourth-order valence-corrected chi connectivity index (χ4v) is 3.12. The van der Waals surface area contributed by atoms with E-state index >= 15 is 0 Å². The number of carbonyl (C=O) groups is 1. The van der Waals surface area contributed by atoms with Crippen molar-refractivity contribution in [3.63, 3.8) is 0 Å². The van der Waals surface area contributed by atoms with Gasteiger partial charge in [0, 0.05) is 13.1 Å². The quantitative estimate of drug-likeness (QED) is 0.612. The number of halogens is 1. The van der Waals surface area contributed by atoms with Gasteiger partial charge in [-0.2, -0.15) is 0 Å². The standard InChI is InChI=1S/C21H22FN3O3/c1-4-24(5-2)21-23-18-12-15(20(27)28-3)8-11-17(18)19(26)25(21)13-14-6-9-16(22)10-7-14/h6-12H,4-5,13H2,1-3H3. The summed E-state index contributed by atoms with van der Waals surface area (Å²) in [5, 5.41) is 0.408. The second kappa shape index (κ2) is 8.21. The summed E-state index contributed by atoms with van der Waals surface area (Å²) in [6.45, 7) is 5.55. The molecule has 146 valence electrons. The van der Waals surface area contributed by atoms with Gasteiger partial charge in [0.25, 0.3) is 5.56 Å². The number of fused-ring (bicyclic) bond motifs is 1. The second-order valence-electron chi connectivity index (χ2n) is 6.33. The molecule has 0 aliphatic rings. The maximum Gasteiger partial charge on any atom is 0.337 e. The lowest BCUT2D eigenvalue weighted by atomic mass is 10.1. The number of esters is 1. The maximum atomic E-state index is 13.2. The maximum absolute atomic E-state index is 13.2. The number of hydrogen-bond donors (Lipinski definition) is 0. The Balaban J connectivity index is 2.20. The molecule has 0 spiro atoms. The van der Waals surface area contributed by atoms with Crippen molar-refractivity contribution >= 4 is 22.8 Å². The molecule has 28 heavy (non-hydrogen) atoms. The number of benzene rings is 2. The van der Waals surface area contributed by atoms with Crippen LogP contribution in [0, 0.1) is 5.82 Å². The highest BCUT2D eigenvalue weighted by molar-refractivity contribution is 5.94. The highest BCUT2D eigenvalue weighted by atomic mass is 19.1. The summed E-state index contributed by atoms with van der Waals surface area (Å²) in [4.78, 5) is 31.7. The van der Waals surface area contributed by atoms with E-state index in [4.69, 9.17) is 4.74 Å². The van der Waals surface area contributed by atoms with Gasteiger partial charge in [0.1, 0.15) is 5.82 Å². The molecule has 7 heteroatoms. The Morgan fingerprint density at radius 3 is 2.43 bits per heavy atom. The molecule has 6 nitrogen and oxygen atoms in total. The number of anilines is 1. The van der Waals surface area contributed by atoms with Gasteiger partial charge in [-0.05, 0) is 49.7 Å². The Labute approximate surface area is 162 Å². The minimum absolute atomic E-state index is 0.215. The fraction of sp³-hybridized carbons (Fsp3) is 0.286. The Morgan fingerprint density at radius 2 is 1.82 bits per heavy atom. The summed E-state index contributed by atoms with van der Waals surface area (Å²) in [5.41, 5.74) is 1.35. The van der Waals surface area contributed by atoms with Gasteiger partial charge in [0.2, 0.25) is 5.95 Å². The Kier molecular flexibility index (Phi) is 5.73. The van der Waals surface area contributed by atoms with Gasteiger partial charge in [-0.1, -0.05) is 12.1 Å². The third-order valence-corrected chi connectivity index (χ3v) is 4.66. The van der Waals surface area contributed by atoms with Crippen LogP contribution in [0.2, 0.25) is 0 Å². The van der Waals surface area contributed by atoms with Crippen molar-refractivity contribution in [3.8, 4) is 0 Å². The van der Waals surface area contributed by atoms with Gasteiger partial charge in [-0.3, -0.25) is 9.36 Å². The first kappa shape index (κ1) is 19.5. The highest BCUT2D eigenvalue weighted by Gasteiger charge is 2.17. The van der Waals surface area contributed by atoms with Crippen LogP contribution in [0.4, 0.5) is 10.3 Å². The Morgan fingerprint density at radius 1 is 1.14 bits per heavy atom. The summed E-state index contributed by atoms with van der Waals surface area (Å²) < 4.78 is 19.6. The van der Waals surface area contributed by atoms with E-state index in [1.807, 2.05) is 18.7 Å². The molecule has 0 radical (unpaired) electrons. The molecule has 0 aliphatic carbocycles. The topological polar surface area (TPSA) is 64.4 Å². The predicted molar refractivity (Wildman–Crippen MR) is 106 cm³/mol. The number of hydrogen-bond acceptors (Lipinski definition) is 5. The number of methoxy groups -OCH3 is 1. The molecule has 0 N–H and O–H groups in total. The van der Waals surface area contributed by atoms with E-state index in [2.05, 4.69) is 4.98 Å². The van der Waals surface area contributed by atoms with E-state index < -0.39 is 5.97 Å². The van der Waals surface area contributed by atoms with Crippen LogP contribution in [0.5, 0.6) is 0 Å². The smallest absolute Gasteiger partial charge is 0.337 e. The largest absolute Gasteiger partial charge is 0.465 e. The minimum atomic E-state index is -0.483. The zero-order chi connectivity index (χ0) is 20.3. The number of ether oxygens (including phenoxy) is 1. The molecule has 1 aromatic heterocycles. The summed E-state index contributed by atoms with van der Waals surface area (Å²) in [6.07, 6.45) is 0. The summed E-state index contributed by atoms with van der Waals surface area (Å²) >= 11 is 0. The number of rotatable bonds is 6. The van der Waals surface area contributed by atoms with Gasteiger partial charge >= 0.3 is 5.97 Å². The van der Waals surface area contributed by atoms with Gasteiger partial charge < -0.3 is 9.64 Å². The first-order chi connectivity index (χ1) is 13.5. The normalized spacial score (nSPS) is 10.9. The molecular formula is C21H22FN3O3. The van der Waals surface area contributed by atoms with E-state index in [0.717, 1.165) is 5.56 Å². The second-order valence-corrected chi connectivity index (χ2v) is 6.33. The predicted octanol–water partition coefficient (Wildman–Crippen LogP) is 3.22. The van der Waals surface area contributed by atoms with Gasteiger partial charge in [0.15, 0.2) is 0 Å². The lowest BCUT2D eigenvalue weighted by Crippen LogP contribution is -2.33. The van der Waals surface area contributed by atoms with Crippen LogP contribution in [0.15, 0.2) is 47.3 Å². The minimum Gasteiger partial charge on any atom is -0.465 e. The average Bonchev–Trinajstić information content (AvgIpc) is 2.72.